The average molecular weight is 369 g/mol. The molecule has 0 aromatic rings. The van der Waals surface area contributed by atoms with Gasteiger partial charge >= 0.3 is 5.97 Å². The third-order valence-corrected chi connectivity index (χ3v) is 5.22. The van der Waals surface area contributed by atoms with Crippen molar-refractivity contribution < 1.29 is 25.2 Å². The lowest BCUT2D eigenvalue weighted by Gasteiger charge is -2.23. The number of unbranched alkanes of at least 4 members (excludes halogenated alkanes) is 3. The van der Waals surface area contributed by atoms with Crippen molar-refractivity contribution in [2.45, 2.75) is 89.4 Å². The molecule has 1 saturated carbocycles. The van der Waals surface area contributed by atoms with Crippen molar-refractivity contribution in [3.63, 3.8) is 0 Å². The van der Waals surface area contributed by atoms with E-state index in [0.717, 1.165) is 19.3 Å². The lowest BCUT2D eigenvalue weighted by molar-refractivity contribution is -0.137. The molecule has 4 N–H and O–H groups in total. The molecule has 26 heavy (non-hydrogen) atoms. The average Bonchev–Trinajstić information content (AvgIpc) is 2.82. The number of carboxylic acids is 1. The maximum atomic E-state index is 10.5. The van der Waals surface area contributed by atoms with E-state index in [1.54, 1.807) is 13.0 Å². The van der Waals surface area contributed by atoms with Crippen molar-refractivity contribution in [3.05, 3.63) is 24.3 Å². The molecular weight excluding hydrogens is 332 g/mol. The summed E-state index contributed by atoms with van der Waals surface area (Å²) < 4.78 is 0. The molecule has 1 aliphatic carbocycles. The van der Waals surface area contributed by atoms with Crippen molar-refractivity contribution in [1.82, 2.24) is 0 Å². The molecule has 0 aromatic heterocycles. The zero-order chi connectivity index (χ0) is 19.6. The molecule has 0 saturated heterocycles. The Morgan fingerprint density at radius 1 is 1.15 bits per heavy atom. The largest absolute Gasteiger partial charge is 0.481 e. The highest BCUT2D eigenvalue weighted by atomic mass is 16.4. The Kier molecular flexibility index (Phi) is 10.1. The standard InChI is InChI=1S/C21H36O5/c1-3-4-9-13-21(2,26)14-12-17-16(18(22)15-19(17)23)10-7-5-6-8-11-20(24)25/h5,7,12,14,16-19,22-23,26H,3-4,6,8-11,13,15H2,1-2H3,(H,24,25)/b7-5?,14-12+/t16-,17-,18+,19-,21+/m1/s1. The van der Waals surface area contributed by atoms with Crippen molar-refractivity contribution in [2.75, 3.05) is 0 Å². The number of allylic oxidation sites excluding steroid dienone is 2. The number of aliphatic hydroxyl groups is 3. The maximum absolute atomic E-state index is 10.5. The molecular formula is C21H36O5. The molecule has 0 amide bonds. The van der Waals surface area contributed by atoms with Crippen LogP contribution in [0.5, 0.6) is 0 Å². The van der Waals surface area contributed by atoms with Gasteiger partial charge in [-0.25, -0.2) is 0 Å². The minimum absolute atomic E-state index is 0.0802. The summed E-state index contributed by atoms with van der Waals surface area (Å²) in [5, 5.41) is 39.6. The molecule has 150 valence electrons. The minimum Gasteiger partial charge on any atom is -0.481 e. The summed E-state index contributed by atoms with van der Waals surface area (Å²) in [5.74, 6) is -1.04. The van der Waals surface area contributed by atoms with Crippen LogP contribution in [-0.4, -0.2) is 44.2 Å². The number of hydrogen-bond donors (Lipinski definition) is 4. The van der Waals surface area contributed by atoms with Crippen LogP contribution in [-0.2, 0) is 4.79 Å². The topological polar surface area (TPSA) is 98.0 Å². The zero-order valence-electron chi connectivity index (χ0n) is 16.2. The lowest BCUT2D eigenvalue weighted by Crippen LogP contribution is -2.24. The van der Waals surface area contributed by atoms with E-state index in [9.17, 15) is 20.1 Å². The third-order valence-electron chi connectivity index (χ3n) is 5.22. The summed E-state index contributed by atoms with van der Waals surface area (Å²) in [5.41, 5.74) is -0.889. The van der Waals surface area contributed by atoms with Gasteiger partial charge in [-0.2, -0.15) is 0 Å². The van der Waals surface area contributed by atoms with Crippen molar-refractivity contribution in [2.24, 2.45) is 11.8 Å². The van der Waals surface area contributed by atoms with Crippen LogP contribution in [0.1, 0.15) is 71.6 Å². The molecule has 0 aliphatic heterocycles. The van der Waals surface area contributed by atoms with E-state index in [1.165, 1.54) is 0 Å². The van der Waals surface area contributed by atoms with Gasteiger partial charge in [0.05, 0.1) is 17.8 Å². The molecule has 0 radical (unpaired) electrons. The van der Waals surface area contributed by atoms with Gasteiger partial charge in [-0.15, -0.1) is 0 Å². The number of aliphatic carboxylic acids is 1. The van der Waals surface area contributed by atoms with E-state index in [4.69, 9.17) is 5.11 Å². The van der Waals surface area contributed by atoms with Crippen LogP contribution in [0.25, 0.3) is 0 Å². The first-order chi connectivity index (χ1) is 12.3. The summed E-state index contributed by atoms with van der Waals surface area (Å²) in [7, 11) is 0. The van der Waals surface area contributed by atoms with E-state index < -0.39 is 23.8 Å². The smallest absolute Gasteiger partial charge is 0.303 e. The normalized spacial score (nSPS) is 28.8. The van der Waals surface area contributed by atoms with E-state index in [0.29, 0.717) is 32.1 Å². The van der Waals surface area contributed by atoms with Gasteiger partial charge in [-0.1, -0.05) is 50.5 Å². The molecule has 0 aromatic carbocycles. The van der Waals surface area contributed by atoms with Crippen LogP contribution in [0.2, 0.25) is 0 Å². The fraction of sp³-hybridized carbons (Fsp3) is 0.762. The van der Waals surface area contributed by atoms with Gasteiger partial charge in [0, 0.05) is 18.8 Å². The molecule has 0 spiro atoms. The number of hydrogen-bond acceptors (Lipinski definition) is 4. The van der Waals surface area contributed by atoms with E-state index >= 15 is 0 Å². The highest BCUT2D eigenvalue weighted by Crippen LogP contribution is 2.37. The van der Waals surface area contributed by atoms with Gasteiger partial charge in [0.2, 0.25) is 0 Å². The molecule has 5 heteroatoms. The Morgan fingerprint density at radius 2 is 1.88 bits per heavy atom. The van der Waals surface area contributed by atoms with Crippen molar-refractivity contribution >= 4 is 5.97 Å². The predicted molar refractivity (Wildman–Crippen MR) is 103 cm³/mol. The Balaban J connectivity index is 2.56. The van der Waals surface area contributed by atoms with Crippen LogP contribution in [0.15, 0.2) is 24.3 Å². The summed E-state index contributed by atoms with van der Waals surface area (Å²) >= 11 is 0. The zero-order valence-corrected chi connectivity index (χ0v) is 16.2. The second-order valence-corrected chi connectivity index (χ2v) is 7.78. The minimum atomic E-state index is -0.889. The summed E-state index contributed by atoms with van der Waals surface area (Å²) in [6.45, 7) is 3.91. The molecule has 5 nitrogen and oxygen atoms in total. The van der Waals surface area contributed by atoms with Crippen molar-refractivity contribution in [1.29, 1.82) is 0 Å². The Morgan fingerprint density at radius 3 is 2.54 bits per heavy atom. The van der Waals surface area contributed by atoms with Crippen LogP contribution < -0.4 is 0 Å². The van der Waals surface area contributed by atoms with Crippen LogP contribution in [0.4, 0.5) is 0 Å². The SMILES string of the molecule is CCCCC[C@](C)(O)/C=C/[C@@H]1[C@@H](CC=CCCCC(=O)O)[C@@H](O)C[C@H]1O. The van der Waals surface area contributed by atoms with E-state index in [-0.39, 0.29) is 18.3 Å². The summed E-state index contributed by atoms with van der Waals surface area (Å²) in [6, 6.07) is 0. The molecule has 1 rings (SSSR count). The Labute approximate surface area is 157 Å². The third kappa shape index (κ3) is 8.47. The summed E-state index contributed by atoms with van der Waals surface area (Å²) in [6.07, 6.45) is 12.7. The fourth-order valence-corrected chi connectivity index (χ4v) is 3.58. The van der Waals surface area contributed by atoms with E-state index in [2.05, 4.69) is 6.92 Å². The van der Waals surface area contributed by atoms with Gasteiger partial charge in [-0.3, -0.25) is 4.79 Å². The second-order valence-electron chi connectivity index (χ2n) is 7.78. The number of carbonyl (C=O) groups is 1. The highest BCUT2D eigenvalue weighted by Gasteiger charge is 2.39. The van der Waals surface area contributed by atoms with Gasteiger partial charge in [0.1, 0.15) is 0 Å². The van der Waals surface area contributed by atoms with E-state index in [1.807, 2.05) is 18.2 Å². The van der Waals surface area contributed by atoms with Crippen LogP contribution in [0.3, 0.4) is 0 Å². The van der Waals surface area contributed by atoms with Gasteiger partial charge in [-0.05, 0) is 38.5 Å². The van der Waals surface area contributed by atoms with Crippen molar-refractivity contribution in [3.8, 4) is 0 Å². The molecule has 1 aliphatic rings. The lowest BCUT2D eigenvalue weighted by atomic mass is 9.88. The first-order valence-electron chi connectivity index (χ1n) is 9.91. The molecule has 0 heterocycles. The number of carboxylic acid groups (broad SMARTS) is 1. The predicted octanol–water partition coefficient (Wildman–Crippen LogP) is 3.43. The summed E-state index contributed by atoms with van der Waals surface area (Å²) in [4.78, 5) is 10.5. The van der Waals surface area contributed by atoms with Gasteiger partial charge < -0.3 is 20.4 Å². The quantitative estimate of drug-likeness (QED) is 0.312. The van der Waals surface area contributed by atoms with Crippen LogP contribution in [0, 0.1) is 11.8 Å². The van der Waals surface area contributed by atoms with Gasteiger partial charge in [0.15, 0.2) is 0 Å². The Hall–Kier alpha value is -1.17. The molecule has 1 fully saturated rings. The van der Waals surface area contributed by atoms with Crippen LogP contribution >= 0.6 is 0 Å². The molecule has 0 unspecified atom stereocenters. The fourth-order valence-electron chi connectivity index (χ4n) is 3.58. The Bertz CT molecular complexity index is 469. The monoisotopic (exact) mass is 368 g/mol. The first-order valence-corrected chi connectivity index (χ1v) is 9.91. The second kappa shape index (κ2) is 11.5. The maximum Gasteiger partial charge on any atom is 0.303 e. The molecule has 0 bridgehead atoms. The van der Waals surface area contributed by atoms with Gasteiger partial charge in [0.25, 0.3) is 0 Å². The number of aliphatic hydroxyl groups excluding tert-OH is 2. The molecule has 5 atom stereocenters. The highest BCUT2D eigenvalue weighted by molar-refractivity contribution is 5.66. The number of rotatable bonds is 12. The first kappa shape index (κ1) is 22.9.